The second kappa shape index (κ2) is 9.10. The SMILES string of the molecule is CCC1CCC(NC(=O)NC(CCSC)C(=O)O)CC1. The van der Waals surface area contributed by atoms with Gasteiger partial charge in [-0.2, -0.15) is 11.8 Å². The Morgan fingerprint density at radius 1 is 1.30 bits per heavy atom. The second-order valence-corrected chi connectivity index (χ2v) is 6.40. The van der Waals surface area contributed by atoms with Gasteiger partial charge in [0.1, 0.15) is 6.04 Å². The highest BCUT2D eigenvalue weighted by atomic mass is 32.2. The van der Waals surface area contributed by atoms with Crippen LogP contribution in [0.1, 0.15) is 45.4 Å². The highest BCUT2D eigenvalue weighted by molar-refractivity contribution is 7.98. The van der Waals surface area contributed by atoms with Crippen LogP contribution in [0.2, 0.25) is 0 Å². The van der Waals surface area contributed by atoms with Gasteiger partial charge in [-0.3, -0.25) is 0 Å². The van der Waals surface area contributed by atoms with E-state index in [1.807, 2.05) is 6.26 Å². The molecule has 6 heteroatoms. The fourth-order valence-corrected chi connectivity index (χ4v) is 3.06. The molecule has 116 valence electrons. The van der Waals surface area contributed by atoms with Crippen LogP contribution in [0.15, 0.2) is 0 Å². The summed E-state index contributed by atoms with van der Waals surface area (Å²) in [7, 11) is 0. The van der Waals surface area contributed by atoms with Gasteiger partial charge in [-0.1, -0.05) is 13.3 Å². The number of carbonyl (C=O) groups is 2. The smallest absolute Gasteiger partial charge is 0.326 e. The Labute approximate surface area is 125 Å². The second-order valence-electron chi connectivity index (χ2n) is 5.42. The number of aliphatic carboxylic acids is 1. The molecule has 20 heavy (non-hydrogen) atoms. The van der Waals surface area contributed by atoms with Crippen molar-refractivity contribution in [1.82, 2.24) is 10.6 Å². The molecule has 2 amide bonds. The number of rotatable bonds is 7. The minimum Gasteiger partial charge on any atom is -0.480 e. The van der Waals surface area contributed by atoms with Gasteiger partial charge in [-0.25, -0.2) is 9.59 Å². The van der Waals surface area contributed by atoms with Crippen LogP contribution in [0, 0.1) is 5.92 Å². The molecule has 0 saturated heterocycles. The standard InChI is InChI=1S/C14H26N2O3S/c1-3-10-4-6-11(7-5-10)15-14(19)16-12(13(17)18)8-9-20-2/h10-12H,3-9H2,1-2H3,(H,17,18)(H2,15,16,19). The Hall–Kier alpha value is -0.910. The topological polar surface area (TPSA) is 78.4 Å². The maximum Gasteiger partial charge on any atom is 0.326 e. The van der Waals surface area contributed by atoms with Gasteiger partial charge in [-0.05, 0) is 50.0 Å². The number of carboxylic acids is 1. The lowest BCUT2D eigenvalue weighted by Gasteiger charge is -2.28. The first-order chi connectivity index (χ1) is 9.56. The van der Waals surface area contributed by atoms with Gasteiger partial charge in [0.05, 0.1) is 0 Å². The van der Waals surface area contributed by atoms with Gasteiger partial charge in [-0.15, -0.1) is 0 Å². The van der Waals surface area contributed by atoms with Gasteiger partial charge >= 0.3 is 12.0 Å². The third-order valence-electron chi connectivity index (χ3n) is 3.97. The van der Waals surface area contributed by atoms with E-state index in [4.69, 9.17) is 5.11 Å². The van der Waals surface area contributed by atoms with Gasteiger partial charge in [0, 0.05) is 6.04 Å². The van der Waals surface area contributed by atoms with E-state index in [1.165, 1.54) is 6.42 Å². The number of nitrogens with one attached hydrogen (secondary N) is 2. The fourth-order valence-electron chi connectivity index (χ4n) is 2.59. The van der Waals surface area contributed by atoms with Crippen molar-refractivity contribution in [2.75, 3.05) is 12.0 Å². The number of thioether (sulfide) groups is 1. The van der Waals surface area contributed by atoms with E-state index in [9.17, 15) is 9.59 Å². The van der Waals surface area contributed by atoms with Crippen molar-refractivity contribution in [3.05, 3.63) is 0 Å². The summed E-state index contributed by atoms with van der Waals surface area (Å²) in [6.45, 7) is 2.20. The molecule has 1 atom stereocenters. The van der Waals surface area contributed by atoms with E-state index in [0.717, 1.165) is 37.4 Å². The van der Waals surface area contributed by atoms with Gasteiger partial charge in [0.2, 0.25) is 0 Å². The molecule has 0 aliphatic heterocycles. The zero-order chi connectivity index (χ0) is 15.0. The Kier molecular flexibility index (Phi) is 7.80. The fraction of sp³-hybridized carbons (Fsp3) is 0.857. The van der Waals surface area contributed by atoms with Crippen molar-refractivity contribution in [3.63, 3.8) is 0 Å². The first-order valence-corrected chi connectivity index (χ1v) is 8.75. The van der Waals surface area contributed by atoms with Crippen molar-refractivity contribution in [3.8, 4) is 0 Å². The third-order valence-corrected chi connectivity index (χ3v) is 4.62. The van der Waals surface area contributed by atoms with Gasteiger partial charge in [0.25, 0.3) is 0 Å². The van der Waals surface area contributed by atoms with Crippen molar-refractivity contribution >= 4 is 23.8 Å². The summed E-state index contributed by atoms with van der Waals surface area (Å²) < 4.78 is 0. The Morgan fingerprint density at radius 2 is 1.95 bits per heavy atom. The van der Waals surface area contributed by atoms with Crippen LogP contribution in [0.25, 0.3) is 0 Å². The quantitative estimate of drug-likeness (QED) is 0.675. The molecule has 0 aromatic rings. The molecular formula is C14H26N2O3S. The lowest BCUT2D eigenvalue weighted by atomic mass is 9.85. The minimum absolute atomic E-state index is 0.188. The Balaban J connectivity index is 2.32. The van der Waals surface area contributed by atoms with E-state index in [2.05, 4.69) is 17.6 Å². The number of urea groups is 1. The Morgan fingerprint density at radius 3 is 2.45 bits per heavy atom. The number of hydrogen-bond donors (Lipinski definition) is 3. The van der Waals surface area contributed by atoms with Gasteiger partial charge in [0.15, 0.2) is 0 Å². The number of hydrogen-bond acceptors (Lipinski definition) is 3. The van der Waals surface area contributed by atoms with E-state index < -0.39 is 12.0 Å². The van der Waals surface area contributed by atoms with Crippen molar-refractivity contribution in [2.24, 2.45) is 5.92 Å². The molecule has 1 unspecified atom stereocenters. The first-order valence-electron chi connectivity index (χ1n) is 7.35. The summed E-state index contributed by atoms with van der Waals surface area (Å²) in [6.07, 6.45) is 7.86. The number of carbonyl (C=O) groups excluding carboxylic acids is 1. The van der Waals surface area contributed by atoms with Crippen LogP contribution >= 0.6 is 11.8 Å². The molecule has 3 N–H and O–H groups in total. The molecule has 0 spiro atoms. The highest BCUT2D eigenvalue weighted by Crippen LogP contribution is 2.26. The van der Waals surface area contributed by atoms with Crippen molar-refractivity contribution < 1.29 is 14.7 Å². The third kappa shape index (κ3) is 6.03. The monoisotopic (exact) mass is 302 g/mol. The van der Waals surface area contributed by atoms with Crippen molar-refractivity contribution in [1.29, 1.82) is 0 Å². The van der Waals surface area contributed by atoms with E-state index in [1.54, 1.807) is 11.8 Å². The lowest BCUT2D eigenvalue weighted by molar-refractivity contribution is -0.139. The molecule has 0 aromatic heterocycles. The first kappa shape index (κ1) is 17.1. The molecule has 0 aromatic carbocycles. The normalized spacial score (nSPS) is 23.9. The predicted octanol–water partition coefficient (Wildman–Crippen LogP) is 2.46. The van der Waals surface area contributed by atoms with Crippen LogP contribution in [0.5, 0.6) is 0 Å². The van der Waals surface area contributed by atoms with Gasteiger partial charge < -0.3 is 15.7 Å². The summed E-state index contributed by atoms with van der Waals surface area (Å²) in [4.78, 5) is 22.9. The van der Waals surface area contributed by atoms with E-state index in [0.29, 0.717) is 6.42 Å². The summed E-state index contributed by atoms with van der Waals surface area (Å²) >= 11 is 1.58. The zero-order valence-electron chi connectivity index (χ0n) is 12.4. The average Bonchev–Trinajstić information content (AvgIpc) is 2.44. The lowest BCUT2D eigenvalue weighted by Crippen LogP contribution is -2.49. The maximum atomic E-state index is 11.8. The molecule has 0 bridgehead atoms. The van der Waals surface area contributed by atoms with Crippen LogP contribution in [-0.4, -0.2) is 41.2 Å². The van der Waals surface area contributed by atoms with Crippen molar-refractivity contribution in [2.45, 2.75) is 57.5 Å². The molecule has 0 radical (unpaired) electrons. The summed E-state index contributed by atoms with van der Waals surface area (Å²) in [5.41, 5.74) is 0. The summed E-state index contributed by atoms with van der Waals surface area (Å²) in [5, 5.41) is 14.5. The highest BCUT2D eigenvalue weighted by Gasteiger charge is 2.24. The summed E-state index contributed by atoms with van der Waals surface area (Å²) in [6, 6.07) is -0.958. The van der Waals surface area contributed by atoms with Crippen LogP contribution < -0.4 is 10.6 Å². The molecule has 5 nitrogen and oxygen atoms in total. The molecular weight excluding hydrogens is 276 g/mol. The molecule has 1 fully saturated rings. The van der Waals surface area contributed by atoms with E-state index >= 15 is 0 Å². The molecule has 1 aliphatic carbocycles. The van der Waals surface area contributed by atoms with Crippen LogP contribution in [-0.2, 0) is 4.79 Å². The number of carboxylic acid groups (broad SMARTS) is 1. The average molecular weight is 302 g/mol. The zero-order valence-corrected chi connectivity index (χ0v) is 13.2. The predicted molar refractivity (Wildman–Crippen MR) is 82.1 cm³/mol. The molecule has 1 saturated carbocycles. The molecule has 1 rings (SSSR count). The van der Waals surface area contributed by atoms with Crippen LogP contribution in [0.4, 0.5) is 4.79 Å². The largest absolute Gasteiger partial charge is 0.480 e. The van der Waals surface area contributed by atoms with Crippen LogP contribution in [0.3, 0.4) is 0 Å². The minimum atomic E-state index is -0.969. The maximum absolute atomic E-state index is 11.8. The Bertz CT molecular complexity index is 318. The summed E-state index contributed by atoms with van der Waals surface area (Å²) in [5.74, 6) is 0.534. The van der Waals surface area contributed by atoms with E-state index in [-0.39, 0.29) is 12.1 Å². The molecule has 1 aliphatic rings. The number of amides is 2. The molecule has 0 heterocycles.